The lowest BCUT2D eigenvalue weighted by Crippen LogP contribution is -2.52. The molecule has 0 bridgehead atoms. The number of guanidine groups is 1. The maximum atomic E-state index is 14.5. The van der Waals surface area contributed by atoms with Gasteiger partial charge in [0.2, 0.25) is 5.91 Å². The summed E-state index contributed by atoms with van der Waals surface area (Å²) in [5.74, 6) is -3.66. The number of carbonyl (C=O) groups excluding carboxylic acids is 1. The van der Waals surface area contributed by atoms with Crippen molar-refractivity contribution in [3.8, 4) is 0 Å². The minimum atomic E-state index is -4.54. The van der Waals surface area contributed by atoms with Crippen LogP contribution in [-0.2, 0) is 16.5 Å². The number of rotatable bonds is 2. The normalized spacial score (nSPS) is 23.0. The van der Waals surface area contributed by atoms with Crippen molar-refractivity contribution in [2.45, 2.75) is 24.6 Å². The molecule has 2 unspecified atom stereocenters. The highest BCUT2D eigenvalue weighted by Gasteiger charge is 2.48. The molecule has 1 amide bonds. The number of alkyl halides is 3. The quantitative estimate of drug-likeness (QED) is 0.785. The van der Waals surface area contributed by atoms with Gasteiger partial charge in [-0.1, -0.05) is 18.2 Å². The van der Waals surface area contributed by atoms with Gasteiger partial charge in [0.15, 0.2) is 5.96 Å². The van der Waals surface area contributed by atoms with E-state index in [0.717, 1.165) is 41.3 Å². The summed E-state index contributed by atoms with van der Waals surface area (Å²) in [4.78, 5) is 18.2. The van der Waals surface area contributed by atoms with Crippen LogP contribution in [-0.4, -0.2) is 23.8 Å². The molecule has 0 saturated heterocycles. The molecule has 0 aromatic heterocycles. The summed E-state index contributed by atoms with van der Waals surface area (Å²) in [6.07, 6.45) is -4.54. The summed E-state index contributed by atoms with van der Waals surface area (Å²) in [5, 5.41) is 0. The Kier molecular flexibility index (Phi) is 4.64. The first-order valence-electron chi connectivity index (χ1n) is 8.20. The summed E-state index contributed by atoms with van der Waals surface area (Å²) < 4.78 is 66.4. The van der Waals surface area contributed by atoms with Crippen molar-refractivity contribution in [3.63, 3.8) is 0 Å². The molecule has 2 aromatic rings. The van der Waals surface area contributed by atoms with Crippen molar-refractivity contribution < 1.29 is 26.7 Å². The summed E-state index contributed by atoms with van der Waals surface area (Å²) in [7, 11) is 1.36. The van der Waals surface area contributed by atoms with Gasteiger partial charge in [-0.05, 0) is 30.7 Å². The predicted molar refractivity (Wildman–Crippen MR) is 92.3 cm³/mol. The third-order valence-electron chi connectivity index (χ3n) is 4.88. The molecular formula is C19H16F5N3O. The number of hydrogen-bond donors (Lipinski definition) is 1. The second-order valence-corrected chi connectivity index (χ2v) is 6.69. The number of hydrogen-bond acceptors (Lipinski definition) is 3. The maximum absolute atomic E-state index is 14.5. The minimum Gasteiger partial charge on any atom is -0.369 e. The van der Waals surface area contributed by atoms with Gasteiger partial charge >= 0.3 is 6.18 Å². The van der Waals surface area contributed by atoms with Gasteiger partial charge in [-0.15, -0.1) is 0 Å². The number of carbonyl (C=O) groups is 1. The minimum absolute atomic E-state index is 0.0943. The van der Waals surface area contributed by atoms with Gasteiger partial charge in [0.1, 0.15) is 17.2 Å². The number of halogens is 5. The Balaban J connectivity index is 2.19. The number of likely N-dealkylation sites (N-methyl/N-ethyl adjacent to an activating group) is 1. The third kappa shape index (κ3) is 3.21. The van der Waals surface area contributed by atoms with E-state index in [2.05, 4.69) is 4.99 Å². The van der Waals surface area contributed by atoms with Crippen LogP contribution in [0, 0.1) is 11.6 Å². The molecule has 0 radical (unpaired) electrons. The Labute approximate surface area is 157 Å². The predicted octanol–water partition coefficient (Wildman–Crippen LogP) is 3.77. The van der Waals surface area contributed by atoms with E-state index in [1.807, 2.05) is 0 Å². The second-order valence-electron chi connectivity index (χ2n) is 6.69. The van der Waals surface area contributed by atoms with Gasteiger partial charge in [0.05, 0.1) is 11.5 Å². The van der Waals surface area contributed by atoms with Gasteiger partial charge in [-0.3, -0.25) is 9.69 Å². The average Bonchev–Trinajstić information content (AvgIpc) is 2.59. The molecule has 0 spiro atoms. The van der Waals surface area contributed by atoms with Gasteiger partial charge in [-0.2, -0.15) is 13.2 Å². The molecule has 0 fully saturated rings. The van der Waals surface area contributed by atoms with Gasteiger partial charge < -0.3 is 5.73 Å². The lowest BCUT2D eigenvalue weighted by Gasteiger charge is -2.41. The van der Waals surface area contributed by atoms with Crippen molar-refractivity contribution in [1.82, 2.24) is 4.90 Å². The SMILES string of the molecule is CN1C(=O)C(c2ccc(C(F)(F)F)cc2)C(C)(c2ccc(F)cc2F)N=C1N. The maximum Gasteiger partial charge on any atom is 0.416 e. The number of amides is 1. The Bertz CT molecular complexity index is 955. The van der Waals surface area contributed by atoms with Crippen LogP contribution in [0.2, 0.25) is 0 Å². The van der Waals surface area contributed by atoms with E-state index >= 15 is 0 Å². The van der Waals surface area contributed by atoms with Crippen molar-refractivity contribution in [2.24, 2.45) is 10.7 Å². The molecule has 2 N–H and O–H groups in total. The number of nitrogens with two attached hydrogens (primary N) is 1. The molecule has 2 atom stereocenters. The van der Waals surface area contributed by atoms with E-state index in [4.69, 9.17) is 5.73 Å². The van der Waals surface area contributed by atoms with E-state index in [1.54, 1.807) is 0 Å². The first kappa shape index (κ1) is 19.8. The van der Waals surface area contributed by atoms with Crippen LogP contribution in [0.3, 0.4) is 0 Å². The van der Waals surface area contributed by atoms with Gasteiger partial charge in [0.25, 0.3) is 0 Å². The Morgan fingerprint density at radius 3 is 2.25 bits per heavy atom. The molecule has 0 aliphatic carbocycles. The fraction of sp³-hybridized carbons (Fsp3) is 0.263. The number of nitrogens with zero attached hydrogens (tertiary/aromatic N) is 2. The molecular weight excluding hydrogens is 381 g/mol. The average molecular weight is 397 g/mol. The van der Waals surface area contributed by atoms with Crippen LogP contribution < -0.4 is 5.73 Å². The molecule has 1 aliphatic rings. The van der Waals surface area contributed by atoms with Crippen LogP contribution >= 0.6 is 0 Å². The molecule has 4 nitrogen and oxygen atoms in total. The first-order chi connectivity index (χ1) is 12.9. The zero-order chi connectivity index (χ0) is 20.9. The fourth-order valence-corrected chi connectivity index (χ4v) is 3.37. The number of benzene rings is 2. The zero-order valence-electron chi connectivity index (χ0n) is 14.9. The van der Waals surface area contributed by atoms with Crippen LogP contribution in [0.1, 0.15) is 29.5 Å². The van der Waals surface area contributed by atoms with Crippen LogP contribution in [0.25, 0.3) is 0 Å². The zero-order valence-corrected chi connectivity index (χ0v) is 14.9. The summed E-state index contributed by atoms with van der Waals surface area (Å²) in [6.45, 7) is 1.43. The van der Waals surface area contributed by atoms with Crippen molar-refractivity contribution >= 4 is 11.9 Å². The fourth-order valence-electron chi connectivity index (χ4n) is 3.37. The van der Waals surface area contributed by atoms with E-state index in [-0.39, 0.29) is 17.1 Å². The standard InChI is InChI=1S/C19H16F5N3O/c1-18(13-8-7-12(20)9-14(13)21)15(16(28)27(2)17(25)26-18)10-3-5-11(6-4-10)19(22,23)24/h3-9,15H,1-2H3,(H2,25,26). The highest BCUT2D eigenvalue weighted by atomic mass is 19.4. The van der Waals surface area contributed by atoms with Crippen LogP contribution in [0.5, 0.6) is 0 Å². The molecule has 9 heteroatoms. The summed E-state index contributed by atoms with van der Waals surface area (Å²) in [6, 6.07) is 6.79. The Hall–Kier alpha value is -2.97. The lowest BCUT2D eigenvalue weighted by atomic mass is 9.74. The molecule has 2 aromatic carbocycles. The van der Waals surface area contributed by atoms with Crippen molar-refractivity contribution in [2.75, 3.05) is 7.05 Å². The Morgan fingerprint density at radius 2 is 1.71 bits per heavy atom. The van der Waals surface area contributed by atoms with E-state index < -0.39 is 40.7 Å². The van der Waals surface area contributed by atoms with Crippen molar-refractivity contribution in [1.29, 1.82) is 0 Å². The molecule has 0 saturated carbocycles. The second kappa shape index (κ2) is 6.57. The highest BCUT2D eigenvalue weighted by molar-refractivity contribution is 6.02. The monoisotopic (exact) mass is 397 g/mol. The smallest absolute Gasteiger partial charge is 0.369 e. The van der Waals surface area contributed by atoms with E-state index in [9.17, 15) is 26.7 Å². The lowest BCUT2D eigenvalue weighted by molar-refractivity contribution is -0.137. The van der Waals surface area contributed by atoms with E-state index in [0.29, 0.717) is 6.07 Å². The molecule has 3 rings (SSSR count). The Morgan fingerprint density at radius 1 is 1.11 bits per heavy atom. The topological polar surface area (TPSA) is 58.7 Å². The van der Waals surface area contributed by atoms with Gasteiger partial charge in [-0.25, -0.2) is 13.8 Å². The molecule has 28 heavy (non-hydrogen) atoms. The molecule has 1 heterocycles. The largest absolute Gasteiger partial charge is 0.416 e. The summed E-state index contributed by atoms with van der Waals surface area (Å²) in [5.41, 5.74) is 3.44. The van der Waals surface area contributed by atoms with E-state index in [1.165, 1.54) is 14.0 Å². The van der Waals surface area contributed by atoms with Gasteiger partial charge in [0, 0.05) is 18.7 Å². The summed E-state index contributed by atoms with van der Waals surface area (Å²) >= 11 is 0. The van der Waals surface area contributed by atoms with Crippen LogP contribution in [0.15, 0.2) is 47.5 Å². The van der Waals surface area contributed by atoms with Crippen molar-refractivity contribution in [3.05, 3.63) is 70.8 Å². The van der Waals surface area contributed by atoms with Crippen LogP contribution in [0.4, 0.5) is 22.0 Å². The molecule has 1 aliphatic heterocycles. The number of aliphatic imine (C=N–C) groups is 1. The first-order valence-corrected chi connectivity index (χ1v) is 8.20. The molecule has 148 valence electrons. The highest BCUT2D eigenvalue weighted by Crippen LogP contribution is 2.45. The third-order valence-corrected chi connectivity index (χ3v) is 4.88.